The Morgan fingerprint density at radius 2 is 2.00 bits per heavy atom. The van der Waals surface area contributed by atoms with E-state index in [9.17, 15) is 22.8 Å². The van der Waals surface area contributed by atoms with Gasteiger partial charge in [-0.1, -0.05) is 29.8 Å². The first-order valence-corrected chi connectivity index (χ1v) is 9.86. The summed E-state index contributed by atoms with van der Waals surface area (Å²) in [5.41, 5.74) is 0.110. The molecule has 2 N–H and O–H groups in total. The standard InChI is InChI=1S/C21H21ClF3N3O2/c22-16-5-3-14(4-6-16)12-20(10-8-18(30)28-20)9-7-17(29)27-19(21(23,24)25)15-2-1-11-26-13-15/h1-6,11,13,19H,7-10,12H2,(H,27,29)(H,28,30). The van der Waals surface area contributed by atoms with E-state index in [4.69, 9.17) is 11.6 Å². The fourth-order valence-electron chi connectivity index (χ4n) is 3.66. The average Bonchev–Trinajstić information content (AvgIpc) is 3.07. The second-order valence-corrected chi connectivity index (χ2v) is 7.90. The second kappa shape index (κ2) is 9.04. The van der Waals surface area contributed by atoms with E-state index in [0.29, 0.717) is 24.3 Å². The Bertz CT molecular complexity index is 891. The highest BCUT2D eigenvalue weighted by Gasteiger charge is 2.43. The van der Waals surface area contributed by atoms with Crippen LogP contribution in [0.15, 0.2) is 48.8 Å². The minimum atomic E-state index is -4.65. The van der Waals surface area contributed by atoms with Crippen LogP contribution in [0.4, 0.5) is 13.2 Å². The third-order valence-electron chi connectivity index (χ3n) is 5.17. The van der Waals surface area contributed by atoms with E-state index in [1.165, 1.54) is 18.3 Å². The van der Waals surface area contributed by atoms with Gasteiger partial charge in [-0.05, 0) is 43.0 Å². The number of alkyl halides is 3. The number of rotatable bonds is 7. The molecule has 0 radical (unpaired) electrons. The molecule has 3 rings (SSSR count). The van der Waals surface area contributed by atoms with Gasteiger partial charge in [-0.15, -0.1) is 0 Å². The predicted molar refractivity (Wildman–Crippen MR) is 106 cm³/mol. The van der Waals surface area contributed by atoms with Crippen molar-refractivity contribution in [3.05, 3.63) is 64.9 Å². The fraction of sp³-hybridized carbons (Fsp3) is 0.381. The van der Waals surface area contributed by atoms with E-state index in [2.05, 4.69) is 15.6 Å². The first-order chi connectivity index (χ1) is 14.2. The van der Waals surface area contributed by atoms with Crippen LogP contribution in [-0.2, 0) is 16.0 Å². The normalized spacial score (nSPS) is 19.9. The third kappa shape index (κ3) is 5.72. The molecular weight excluding hydrogens is 419 g/mol. The maximum Gasteiger partial charge on any atom is 0.412 e. The van der Waals surface area contributed by atoms with Crippen LogP contribution < -0.4 is 10.6 Å². The van der Waals surface area contributed by atoms with Crippen molar-refractivity contribution in [3.63, 3.8) is 0 Å². The van der Waals surface area contributed by atoms with E-state index in [0.717, 1.165) is 11.8 Å². The summed E-state index contributed by atoms with van der Waals surface area (Å²) in [6.45, 7) is 0. The molecule has 2 aromatic rings. The fourth-order valence-corrected chi connectivity index (χ4v) is 3.79. The van der Waals surface area contributed by atoms with Crippen molar-refractivity contribution < 1.29 is 22.8 Å². The molecule has 1 saturated heterocycles. The number of carbonyl (C=O) groups is 2. The molecule has 1 fully saturated rings. The lowest BCUT2D eigenvalue weighted by Crippen LogP contribution is -2.45. The van der Waals surface area contributed by atoms with E-state index < -0.39 is 23.7 Å². The summed E-state index contributed by atoms with van der Waals surface area (Å²) in [7, 11) is 0. The largest absolute Gasteiger partial charge is 0.412 e. The van der Waals surface area contributed by atoms with Crippen molar-refractivity contribution in [3.8, 4) is 0 Å². The lowest BCUT2D eigenvalue weighted by molar-refractivity contribution is -0.163. The monoisotopic (exact) mass is 439 g/mol. The minimum Gasteiger partial charge on any atom is -0.350 e. The third-order valence-corrected chi connectivity index (χ3v) is 5.42. The number of carbonyl (C=O) groups excluding carboxylic acids is 2. The van der Waals surface area contributed by atoms with Crippen LogP contribution >= 0.6 is 11.6 Å². The molecule has 0 aliphatic carbocycles. The molecule has 30 heavy (non-hydrogen) atoms. The molecule has 1 aliphatic heterocycles. The molecule has 1 aliphatic rings. The van der Waals surface area contributed by atoms with Gasteiger partial charge in [-0.3, -0.25) is 14.6 Å². The summed E-state index contributed by atoms with van der Waals surface area (Å²) in [6.07, 6.45) is -0.843. The molecule has 2 heterocycles. The minimum absolute atomic E-state index is 0.132. The molecule has 2 atom stereocenters. The van der Waals surface area contributed by atoms with Gasteiger partial charge in [0.25, 0.3) is 0 Å². The second-order valence-electron chi connectivity index (χ2n) is 7.46. The van der Waals surface area contributed by atoms with Crippen LogP contribution in [0.25, 0.3) is 0 Å². The molecule has 9 heteroatoms. The van der Waals surface area contributed by atoms with E-state index in [1.54, 1.807) is 12.1 Å². The maximum absolute atomic E-state index is 13.4. The molecule has 1 aromatic heterocycles. The number of nitrogens with zero attached hydrogens (tertiary/aromatic N) is 1. The van der Waals surface area contributed by atoms with Crippen molar-refractivity contribution in [2.24, 2.45) is 0 Å². The molecule has 1 aromatic carbocycles. The van der Waals surface area contributed by atoms with Crippen LogP contribution in [-0.4, -0.2) is 28.5 Å². The molecule has 0 bridgehead atoms. The molecule has 2 amide bonds. The zero-order valence-corrected chi connectivity index (χ0v) is 16.8. The topological polar surface area (TPSA) is 71.1 Å². The van der Waals surface area contributed by atoms with Crippen LogP contribution in [0.2, 0.25) is 5.02 Å². The van der Waals surface area contributed by atoms with Crippen LogP contribution in [0, 0.1) is 0 Å². The van der Waals surface area contributed by atoms with Crippen molar-refractivity contribution in [1.82, 2.24) is 15.6 Å². The number of amides is 2. The molecule has 5 nitrogen and oxygen atoms in total. The number of hydrogen-bond acceptors (Lipinski definition) is 3. The molecular formula is C21H21ClF3N3O2. The lowest BCUT2D eigenvalue weighted by Gasteiger charge is -2.30. The first kappa shape index (κ1) is 22.1. The van der Waals surface area contributed by atoms with E-state index in [1.807, 2.05) is 12.1 Å². The number of hydrogen-bond donors (Lipinski definition) is 2. The maximum atomic E-state index is 13.4. The van der Waals surface area contributed by atoms with Crippen LogP contribution in [0.1, 0.15) is 42.9 Å². The SMILES string of the molecule is O=C(CCC1(Cc2ccc(Cl)cc2)CCC(=O)N1)NC(c1cccnc1)C(F)(F)F. The van der Waals surface area contributed by atoms with E-state index in [-0.39, 0.29) is 24.3 Å². The van der Waals surface area contributed by atoms with Gasteiger partial charge in [-0.2, -0.15) is 13.2 Å². The molecule has 0 saturated carbocycles. The Labute approximate surface area is 177 Å². The number of halogens is 4. The number of aromatic nitrogens is 1. The summed E-state index contributed by atoms with van der Waals surface area (Å²) in [5.74, 6) is -0.870. The quantitative estimate of drug-likeness (QED) is 0.681. The molecule has 0 spiro atoms. The first-order valence-electron chi connectivity index (χ1n) is 9.48. The van der Waals surface area contributed by atoms with Gasteiger partial charge in [0, 0.05) is 41.4 Å². The number of benzene rings is 1. The number of nitrogens with one attached hydrogen (secondary N) is 2. The van der Waals surface area contributed by atoms with Crippen LogP contribution in [0.5, 0.6) is 0 Å². The Balaban J connectivity index is 1.68. The zero-order chi connectivity index (χ0) is 21.8. The van der Waals surface area contributed by atoms with Gasteiger partial charge in [-0.25, -0.2) is 0 Å². The van der Waals surface area contributed by atoms with Gasteiger partial charge < -0.3 is 10.6 Å². The average molecular weight is 440 g/mol. The molecule has 2 unspecified atom stereocenters. The summed E-state index contributed by atoms with van der Waals surface area (Å²) < 4.78 is 40.3. The highest BCUT2D eigenvalue weighted by atomic mass is 35.5. The Kier molecular flexibility index (Phi) is 6.65. The summed E-state index contributed by atoms with van der Waals surface area (Å²) in [5, 5.41) is 5.56. The Morgan fingerprint density at radius 3 is 2.57 bits per heavy atom. The van der Waals surface area contributed by atoms with Crippen molar-refractivity contribution in [2.75, 3.05) is 0 Å². The van der Waals surface area contributed by atoms with Gasteiger partial charge in [0.1, 0.15) is 0 Å². The smallest absolute Gasteiger partial charge is 0.350 e. The van der Waals surface area contributed by atoms with Crippen molar-refractivity contribution in [2.45, 2.75) is 49.9 Å². The summed E-state index contributed by atoms with van der Waals surface area (Å²) >= 11 is 5.91. The lowest BCUT2D eigenvalue weighted by atomic mass is 9.85. The highest BCUT2D eigenvalue weighted by molar-refractivity contribution is 6.30. The Morgan fingerprint density at radius 1 is 1.27 bits per heavy atom. The summed E-state index contributed by atoms with van der Waals surface area (Å²) in [6, 6.07) is 7.64. The van der Waals surface area contributed by atoms with Gasteiger partial charge in [0.05, 0.1) is 0 Å². The summed E-state index contributed by atoms with van der Waals surface area (Å²) in [4.78, 5) is 27.9. The van der Waals surface area contributed by atoms with Crippen molar-refractivity contribution in [1.29, 1.82) is 0 Å². The zero-order valence-electron chi connectivity index (χ0n) is 16.0. The Hall–Kier alpha value is -2.61. The van der Waals surface area contributed by atoms with Gasteiger partial charge in [0.2, 0.25) is 11.8 Å². The van der Waals surface area contributed by atoms with E-state index >= 15 is 0 Å². The highest BCUT2D eigenvalue weighted by Crippen LogP contribution is 2.33. The van der Waals surface area contributed by atoms with Gasteiger partial charge in [0.15, 0.2) is 6.04 Å². The predicted octanol–water partition coefficient (Wildman–Crippen LogP) is 4.13. The molecule has 160 valence electrons. The van der Waals surface area contributed by atoms with Crippen molar-refractivity contribution >= 4 is 23.4 Å². The van der Waals surface area contributed by atoms with Gasteiger partial charge >= 0.3 is 6.18 Å². The number of pyridine rings is 1. The van der Waals surface area contributed by atoms with Crippen LogP contribution in [0.3, 0.4) is 0 Å².